The van der Waals surface area contributed by atoms with Crippen LogP contribution in [0.3, 0.4) is 0 Å². The molecule has 0 bridgehead atoms. The molecule has 2 fully saturated rings. The zero-order valence-corrected chi connectivity index (χ0v) is 15.4. The largest absolute Gasteiger partial charge is 0.468 e. The van der Waals surface area contributed by atoms with Crippen molar-refractivity contribution in [2.45, 2.75) is 32.4 Å². The van der Waals surface area contributed by atoms with Gasteiger partial charge in [-0.2, -0.15) is 0 Å². The smallest absolute Gasteiger partial charge is 0.241 e. The molecule has 3 heterocycles. The molecular weight excluding hydrogens is 328 g/mol. The summed E-state index contributed by atoms with van der Waals surface area (Å²) in [4.78, 5) is 17.2. The number of benzene rings is 1. The van der Waals surface area contributed by atoms with Crippen LogP contribution in [0.15, 0.2) is 41.0 Å². The maximum absolute atomic E-state index is 12.9. The third kappa shape index (κ3) is 3.22. The van der Waals surface area contributed by atoms with Crippen LogP contribution in [0, 0.1) is 13.8 Å². The Kier molecular flexibility index (Phi) is 4.70. The van der Waals surface area contributed by atoms with Crippen LogP contribution in [0.2, 0.25) is 0 Å². The number of hydrogen-bond donors (Lipinski definition) is 2. The van der Waals surface area contributed by atoms with Crippen LogP contribution in [0.5, 0.6) is 0 Å². The van der Waals surface area contributed by atoms with E-state index in [1.54, 1.807) is 6.26 Å². The third-order valence-electron chi connectivity index (χ3n) is 5.60. The van der Waals surface area contributed by atoms with E-state index in [0.29, 0.717) is 6.42 Å². The van der Waals surface area contributed by atoms with Gasteiger partial charge in [0.05, 0.1) is 12.3 Å². The summed E-state index contributed by atoms with van der Waals surface area (Å²) in [5, 5.41) is 0. The molecule has 0 saturated carbocycles. The first-order valence-electron chi connectivity index (χ1n) is 9.28. The Morgan fingerprint density at radius 2 is 1.88 bits per heavy atom. The van der Waals surface area contributed by atoms with Crippen molar-refractivity contribution in [1.29, 1.82) is 0 Å². The van der Waals surface area contributed by atoms with Gasteiger partial charge >= 0.3 is 0 Å². The first-order chi connectivity index (χ1) is 12.6. The minimum absolute atomic E-state index is 0.0511. The summed E-state index contributed by atoms with van der Waals surface area (Å²) in [5.74, 6) is 1.04. The van der Waals surface area contributed by atoms with E-state index in [-0.39, 0.29) is 18.0 Å². The number of carbonyl (C=O) groups is 1. The average Bonchev–Trinajstić information content (AvgIpc) is 3.35. The second kappa shape index (κ2) is 7.13. The summed E-state index contributed by atoms with van der Waals surface area (Å²) in [6.45, 7) is 7.58. The summed E-state index contributed by atoms with van der Waals surface area (Å²) in [7, 11) is 0. The zero-order valence-electron chi connectivity index (χ0n) is 15.4. The quantitative estimate of drug-likeness (QED) is 0.884. The van der Waals surface area contributed by atoms with Gasteiger partial charge in [0.25, 0.3) is 0 Å². The summed E-state index contributed by atoms with van der Waals surface area (Å²) in [6.07, 6.45) is 2.38. The van der Waals surface area contributed by atoms with Gasteiger partial charge in [0.1, 0.15) is 11.8 Å². The van der Waals surface area contributed by atoms with Crippen molar-refractivity contribution in [3.63, 3.8) is 0 Å². The SMILES string of the molecule is Cc1cccc(N2CCN(C(=O)C3CC(c4ccco4)NN3)CC2)c1C. The maximum Gasteiger partial charge on any atom is 0.241 e. The second-order valence-electron chi connectivity index (χ2n) is 7.18. The number of carbonyl (C=O) groups excluding carboxylic acids is 1. The highest BCUT2D eigenvalue weighted by atomic mass is 16.3. The van der Waals surface area contributed by atoms with E-state index < -0.39 is 0 Å². The Bertz CT molecular complexity index is 766. The lowest BCUT2D eigenvalue weighted by Gasteiger charge is -2.38. The Labute approximate surface area is 154 Å². The molecule has 4 rings (SSSR count). The molecule has 2 atom stereocenters. The molecule has 2 aromatic rings. The molecule has 6 nitrogen and oxygen atoms in total. The number of rotatable bonds is 3. The lowest BCUT2D eigenvalue weighted by Crippen LogP contribution is -2.53. The van der Waals surface area contributed by atoms with Crippen LogP contribution in [-0.4, -0.2) is 43.0 Å². The van der Waals surface area contributed by atoms with Gasteiger partial charge in [0.2, 0.25) is 5.91 Å². The lowest BCUT2D eigenvalue weighted by molar-refractivity contribution is -0.133. The van der Waals surface area contributed by atoms with Gasteiger partial charge in [-0.05, 0) is 49.6 Å². The molecule has 2 unspecified atom stereocenters. The normalized spacial score (nSPS) is 23.5. The summed E-state index contributed by atoms with van der Waals surface area (Å²) in [6, 6.07) is 10.1. The van der Waals surface area contributed by atoms with Crippen LogP contribution >= 0.6 is 0 Å². The van der Waals surface area contributed by atoms with E-state index >= 15 is 0 Å². The molecule has 2 N–H and O–H groups in total. The highest BCUT2D eigenvalue weighted by Crippen LogP contribution is 2.26. The minimum Gasteiger partial charge on any atom is -0.468 e. The fourth-order valence-electron chi connectivity index (χ4n) is 3.86. The Balaban J connectivity index is 1.35. The van der Waals surface area contributed by atoms with Crippen LogP contribution in [0.25, 0.3) is 0 Å². The van der Waals surface area contributed by atoms with Crippen molar-refractivity contribution in [3.8, 4) is 0 Å². The van der Waals surface area contributed by atoms with Crippen LogP contribution in [0.4, 0.5) is 5.69 Å². The first kappa shape index (κ1) is 17.1. The molecule has 6 heteroatoms. The fourth-order valence-corrected chi connectivity index (χ4v) is 3.86. The number of amides is 1. The molecule has 0 aliphatic carbocycles. The van der Waals surface area contributed by atoms with Crippen LogP contribution in [0.1, 0.15) is 29.3 Å². The maximum atomic E-state index is 12.9. The van der Waals surface area contributed by atoms with E-state index in [9.17, 15) is 4.79 Å². The minimum atomic E-state index is -0.197. The number of piperazine rings is 1. The summed E-state index contributed by atoms with van der Waals surface area (Å²) >= 11 is 0. The summed E-state index contributed by atoms with van der Waals surface area (Å²) < 4.78 is 5.44. The van der Waals surface area contributed by atoms with Crippen molar-refractivity contribution >= 4 is 11.6 Å². The number of aryl methyl sites for hydroxylation is 1. The molecule has 0 spiro atoms. The number of hydrazine groups is 1. The summed E-state index contributed by atoms with van der Waals surface area (Å²) in [5.41, 5.74) is 10.2. The Morgan fingerprint density at radius 3 is 2.62 bits per heavy atom. The van der Waals surface area contributed by atoms with Crippen molar-refractivity contribution in [2.75, 3.05) is 31.1 Å². The van der Waals surface area contributed by atoms with Gasteiger partial charge in [0.15, 0.2) is 0 Å². The van der Waals surface area contributed by atoms with E-state index in [1.807, 2.05) is 17.0 Å². The molecule has 1 aromatic carbocycles. The molecule has 2 saturated heterocycles. The van der Waals surface area contributed by atoms with Gasteiger partial charge < -0.3 is 14.2 Å². The monoisotopic (exact) mass is 354 g/mol. The first-order valence-corrected chi connectivity index (χ1v) is 9.28. The number of anilines is 1. The fraction of sp³-hybridized carbons (Fsp3) is 0.450. The van der Waals surface area contributed by atoms with Gasteiger partial charge in [0, 0.05) is 31.9 Å². The number of furan rings is 1. The van der Waals surface area contributed by atoms with E-state index in [1.165, 1.54) is 16.8 Å². The van der Waals surface area contributed by atoms with E-state index in [4.69, 9.17) is 4.42 Å². The number of nitrogens with one attached hydrogen (secondary N) is 2. The van der Waals surface area contributed by atoms with Gasteiger partial charge in [-0.25, -0.2) is 10.9 Å². The molecular formula is C20H26N4O2. The van der Waals surface area contributed by atoms with E-state index in [0.717, 1.165) is 31.9 Å². The molecule has 0 radical (unpaired) electrons. The van der Waals surface area contributed by atoms with Crippen molar-refractivity contribution in [3.05, 3.63) is 53.5 Å². The van der Waals surface area contributed by atoms with E-state index in [2.05, 4.69) is 47.8 Å². The molecule has 2 aliphatic heterocycles. The van der Waals surface area contributed by atoms with Crippen LogP contribution < -0.4 is 15.8 Å². The molecule has 138 valence electrons. The second-order valence-corrected chi connectivity index (χ2v) is 7.18. The third-order valence-corrected chi connectivity index (χ3v) is 5.60. The van der Waals surface area contributed by atoms with Crippen LogP contribution in [-0.2, 0) is 4.79 Å². The Morgan fingerprint density at radius 1 is 1.08 bits per heavy atom. The highest BCUT2D eigenvalue weighted by molar-refractivity contribution is 5.82. The average molecular weight is 354 g/mol. The topological polar surface area (TPSA) is 60.8 Å². The van der Waals surface area contributed by atoms with Gasteiger partial charge in [-0.3, -0.25) is 4.79 Å². The van der Waals surface area contributed by atoms with Crippen molar-refractivity contribution < 1.29 is 9.21 Å². The molecule has 26 heavy (non-hydrogen) atoms. The Hall–Kier alpha value is -2.31. The molecule has 2 aliphatic rings. The van der Waals surface area contributed by atoms with Gasteiger partial charge in [-0.15, -0.1) is 0 Å². The number of hydrogen-bond acceptors (Lipinski definition) is 5. The van der Waals surface area contributed by atoms with Gasteiger partial charge in [-0.1, -0.05) is 12.1 Å². The predicted octanol–water partition coefficient (Wildman–Crippen LogP) is 2.15. The number of nitrogens with zero attached hydrogens (tertiary/aromatic N) is 2. The highest BCUT2D eigenvalue weighted by Gasteiger charge is 2.35. The van der Waals surface area contributed by atoms with Crippen molar-refractivity contribution in [1.82, 2.24) is 15.8 Å². The molecule has 1 amide bonds. The zero-order chi connectivity index (χ0) is 18.1. The predicted molar refractivity (Wildman–Crippen MR) is 101 cm³/mol. The standard InChI is InChI=1S/C20H26N4O2/c1-14-5-3-6-18(15(14)2)23-8-10-24(11-9-23)20(25)17-13-16(21-22-17)19-7-4-12-26-19/h3-7,12,16-17,21-22H,8-11,13H2,1-2H3. The molecule has 1 aromatic heterocycles. The van der Waals surface area contributed by atoms with Crippen molar-refractivity contribution in [2.24, 2.45) is 0 Å². The lowest BCUT2D eigenvalue weighted by atomic mass is 10.1.